The number of hydrogen-bond acceptors (Lipinski definition) is 2. The first-order chi connectivity index (χ1) is 9.12. The highest BCUT2D eigenvalue weighted by Gasteiger charge is 2.64. The van der Waals surface area contributed by atoms with E-state index in [1.807, 2.05) is 30.3 Å². The summed E-state index contributed by atoms with van der Waals surface area (Å²) in [6.07, 6.45) is 0. The summed E-state index contributed by atoms with van der Waals surface area (Å²) in [7, 11) is 0. The summed E-state index contributed by atoms with van der Waals surface area (Å²) < 4.78 is 0. The van der Waals surface area contributed by atoms with E-state index in [0.717, 1.165) is 5.56 Å². The van der Waals surface area contributed by atoms with Gasteiger partial charge in [0.1, 0.15) is 5.54 Å². The third kappa shape index (κ3) is 2.24. The second-order valence-corrected chi connectivity index (χ2v) is 7.27. The normalized spacial score (nSPS) is 22.9. The minimum absolute atomic E-state index is 0.109. The molecule has 1 saturated carbocycles. The van der Waals surface area contributed by atoms with Crippen molar-refractivity contribution in [1.82, 2.24) is 5.32 Å². The van der Waals surface area contributed by atoms with Crippen LogP contribution >= 0.6 is 0 Å². The van der Waals surface area contributed by atoms with Crippen LogP contribution in [0.25, 0.3) is 0 Å². The van der Waals surface area contributed by atoms with Gasteiger partial charge in [0, 0.05) is 6.54 Å². The van der Waals surface area contributed by atoms with Crippen molar-refractivity contribution in [2.75, 3.05) is 6.54 Å². The van der Waals surface area contributed by atoms with Gasteiger partial charge in [-0.15, -0.1) is 0 Å². The Bertz CT molecular complexity index is 489. The van der Waals surface area contributed by atoms with E-state index in [1.165, 1.54) is 0 Å². The van der Waals surface area contributed by atoms with E-state index < -0.39 is 5.54 Å². The van der Waals surface area contributed by atoms with E-state index in [1.54, 1.807) is 6.92 Å². The van der Waals surface area contributed by atoms with E-state index in [-0.39, 0.29) is 16.7 Å². The largest absolute Gasteiger partial charge is 0.354 e. The average molecular weight is 274 g/mol. The maximum Gasteiger partial charge on any atom is 0.244 e. The summed E-state index contributed by atoms with van der Waals surface area (Å²) in [5, 5.41) is 3.03. The number of hydrogen-bond donors (Lipinski definition) is 2. The van der Waals surface area contributed by atoms with Crippen LogP contribution < -0.4 is 11.1 Å². The van der Waals surface area contributed by atoms with Gasteiger partial charge >= 0.3 is 0 Å². The Morgan fingerprint density at radius 3 is 2.15 bits per heavy atom. The molecule has 2 rings (SSSR count). The average Bonchev–Trinajstić information content (AvgIpc) is 2.77. The van der Waals surface area contributed by atoms with Gasteiger partial charge in [0.2, 0.25) is 5.91 Å². The smallest absolute Gasteiger partial charge is 0.244 e. The molecule has 0 spiro atoms. The molecule has 0 saturated heterocycles. The predicted molar refractivity (Wildman–Crippen MR) is 82.0 cm³/mol. The molecule has 1 fully saturated rings. The van der Waals surface area contributed by atoms with Crippen LogP contribution in [0.3, 0.4) is 0 Å². The number of rotatable bonds is 4. The molecule has 1 atom stereocenters. The lowest BCUT2D eigenvalue weighted by Crippen LogP contribution is -2.49. The van der Waals surface area contributed by atoms with Crippen molar-refractivity contribution < 1.29 is 4.79 Å². The fourth-order valence-corrected chi connectivity index (χ4v) is 3.14. The van der Waals surface area contributed by atoms with E-state index in [4.69, 9.17) is 5.73 Å². The third-order valence-corrected chi connectivity index (χ3v) is 5.63. The van der Waals surface area contributed by atoms with E-state index >= 15 is 0 Å². The van der Waals surface area contributed by atoms with Crippen molar-refractivity contribution in [3.63, 3.8) is 0 Å². The van der Waals surface area contributed by atoms with Gasteiger partial charge in [0.05, 0.1) is 0 Å². The molecule has 3 N–H and O–H groups in total. The minimum atomic E-state index is -0.982. The molecule has 1 aliphatic carbocycles. The first-order valence-corrected chi connectivity index (χ1v) is 7.24. The summed E-state index contributed by atoms with van der Waals surface area (Å²) in [4.78, 5) is 12.4. The molecule has 0 radical (unpaired) electrons. The Balaban J connectivity index is 2.00. The third-order valence-electron chi connectivity index (χ3n) is 5.63. The van der Waals surface area contributed by atoms with E-state index in [9.17, 15) is 4.79 Å². The SMILES string of the molecule is CC(N)(C(=O)NCC1C(C)(C)C1(C)C)c1ccccc1. The van der Waals surface area contributed by atoms with Crippen LogP contribution in [0.15, 0.2) is 30.3 Å². The fraction of sp³-hybridized carbons (Fsp3) is 0.588. The molecule has 1 aliphatic rings. The lowest BCUT2D eigenvalue weighted by molar-refractivity contribution is -0.126. The quantitative estimate of drug-likeness (QED) is 0.887. The number of carbonyl (C=O) groups is 1. The monoisotopic (exact) mass is 274 g/mol. The molecule has 110 valence electrons. The Morgan fingerprint density at radius 1 is 1.20 bits per heavy atom. The standard InChI is InChI=1S/C17H26N2O/c1-15(2)13(16(15,3)4)11-19-14(20)17(5,18)12-9-7-6-8-10-12/h6-10,13H,11,18H2,1-5H3,(H,19,20). The summed E-state index contributed by atoms with van der Waals surface area (Å²) in [5.74, 6) is 0.396. The van der Waals surface area contributed by atoms with Gasteiger partial charge in [-0.3, -0.25) is 4.79 Å². The van der Waals surface area contributed by atoms with E-state index in [2.05, 4.69) is 33.0 Å². The van der Waals surface area contributed by atoms with Crippen molar-refractivity contribution in [2.45, 2.75) is 40.2 Å². The van der Waals surface area contributed by atoms with Gasteiger partial charge < -0.3 is 11.1 Å². The molecule has 0 heterocycles. The minimum Gasteiger partial charge on any atom is -0.354 e. The zero-order valence-corrected chi connectivity index (χ0v) is 13.2. The lowest BCUT2D eigenvalue weighted by atomic mass is 9.92. The van der Waals surface area contributed by atoms with Gasteiger partial charge in [0.15, 0.2) is 0 Å². The van der Waals surface area contributed by atoms with Gasteiger partial charge in [-0.2, -0.15) is 0 Å². The van der Waals surface area contributed by atoms with Crippen molar-refractivity contribution in [1.29, 1.82) is 0 Å². The summed E-state index contributed by atoms with van der Waals surface area (Å²) in [5.41, 5.74) is 6.62. The number of carbonyl (C=O) groups excluding carboxylic acids is 1. The Morgan fingerprint density at radius 2 is 1.70 bits per heavy atom. The summed E-state index contributed by atoms with van der Waals surface area (Å²) >= 11 is 0. The summed E-state index contributed by atoms with van der Waals surface area (Å²) in [6, 6.07) is 9.52. The second-order valence-electron chi connectivity index (χ2n) is 7.27. The van der Waals surface area contributed by atoms with Crippen LogP contribution in [0, 0.1) is 16.7 Å². The highest BCUT2D eigenvalue weighted by molar-refractivity contribution is 5.87. The second kappa shape index (κ2) is 4.59. The van der Waals surface area contributed by atoms with Crippen LogP contribution in [-0.4, -0.2) is 12.5 Å². The number of benzene rings is 1. The zero-order valence-electron chi connectivity index (χ0n) is 13.2. The molecule has 0 bridgehead atoms. The van der Waals surface area contributed by atoms with Gasteiger partial charge in [-0.1, -0.05) is 58.0 Å². The highest BCUT2D eigenvalue weighted by Crippen LogP contribution is 2.67. The maximum absolute atomic E-state index is 12.4. The van der Waals surface area contributed by atoms with Crippen LogP contribution in [0.1, 0.15) is 40.2 Å². The van der Waals surface area contributed by atoms with Crippen LogP contribution in [0.2, 0.25) is 0 Å². The zero-order chi connectivity index (χ0) is 15.2. The van der Waals surface area contributed by atoms with Crippen LogP contribution in [0.5, 0.6) is 0 Å². The molecule has 1 unspecified atom stereocenters. The van der Waals surface area contributed by atoms with Gasteiger partial charge in [-0.05, 0) is 29.2 Å². The first-order valence-electron chi connectivity index (χ1n) is 7.24. The van der Waals surface area contributed by atoms with Crippen molar-refractivity contribution >= 4 is 5.91 Å². The maximum atomic E-state index is 12.4. The van der Waals surface area contributed by atoms with Crippen LogP contribution in [-0.2, 0) is 10.3 Å². The number of nitrogens with one attached hydrogen (secondary N) is 1. The molecular formula is C17H26N2O. The number of nitrogens with two attached hydrogens (primary N) is 1. The molecule has 1 aromatic rings. The molecule has 20 heavy (non-hydrogen) atoms. The number of amides is 1. The van der Waals surface area contributed by atoms with Crippen molar-refractivity contribution in [3.8, 4) is 0 Å². The highest BCUT2D eigenvalue weighted by atomic mass is 16.2. The van der Waals surface area contributed by atoms with Gasteiger partial charge in [0.25, 0.3) is 0 Å². The molecular weight excluding hydrogens is 248 g/mol. The summed E-state index contributed by atoms with van der Waals surface area (Å²) in [6.45, 7) is 11.5. The lowest BCUT2D eigenvalue weighted by Gasteiger charge is -2.24. The topological polar surface area (TPSA) is 55.1 Å². The molecule has 1 amide bonds. The van der Waals surface area contributed by atoms with Gasteiger partial charge in [-0.25, -0.2) is 0 Å². The molecule has 1 aromatic carbocycles. The molecule has 3 heteroatoms. The Labute approximate surface area is 121 Å². The Kier molecular flexibility index (Phi) is 3.45. The Hall–Kier alpha value is -1.35. The van der Waals surface area contributed by atoms with E-state index in [0.29, 0.717) is 12.5 Å². The van der Waals surface area contributed by atoms with Crippen molar-refractivity contribution in [3.05, 3.63) is 35.9 Å². The fourth-order valence-electron chi connectivity index (χ4n) is 3.14. The molecule has 0 aromatic heterocycles. The van der Waals surface area contributed by atoms with Crippen molar-refractivity contribution in [2.24, 2.45) is 22.5 Å². The molecule has 0 aliphatic heterocycles. The first kappa shape index (κ1) is 15.0. The molecule has 3 nitrogen and oxygen atoms in total. The van der Waals surface area contributed by atoms with Crippen LogP contribution in [0.4, 0.5) is 0 Å². The predicted octanol–water partition coefficient (Wildman–Crippen LogP) is 2.66.